The summed E-state index contributed by atoms with van der Waals surface area (Å²) in [6, 6.07) is 16.3. The minimum atomic E-state index is -0.519. The van der Waals surface area contributed by atoms with Crippen molar-refractivity contribution in [1.82, 2.24) is 24.7 Å². The number of aromatic nitrogens is 2. The first-order valence-electron chi connectivity index (χ1n) is 18.3. The molecule has 2 aliphatic heterocycles. The van der Waals surface area contributed by atoms with E-state index in [-0.39, 0.29) is 22.7 Å². The van der Waals surface area contributed by atoms with Crippen LogP contribution in [0.3, 0.4) is 0 Å². The molecular formula is C40H46ClFN8O4. The average molecular weight is 757 g/mol. The second kappa shape index (κ2) is 18.3. The first-order valence-corrected chi connectivity index (χ1v) is 18.7. The maximum Gasteiger partial charge on any atom is 0.248 e. The molecule has 2 saturated heterocycles. The lowest BCUT2D eigenvalue weighted by Crippen LogP contribution is -2.54. The minimum absolute atomic E-state index is 0.0139. The van der Waals surface area contributed by atoms with Gasteiger partial charge in [-0.3, -0.25) is 24.2 Å². The smallest absolute Gasteiger partial charge is 0.248 e. The number of piperazine rings is 1. The van der Waals surface area contributed by atoms with Crippen molar-refractivity contribution in [3.8, 4) is 5.75 Å². The van der Waals surface area contributed by atoms with Crippen molar-refractivity contribution in [3.63, 3.8) is 0 Å². The Kier molecular flexibility index (Phi) is 13.1. The van der Waals surface area contributed by atoms with Gasteiger partial charge in [0.15, 0.2) is 0 Å². The molecule has 284 valence electrons. The topological polar surface area (TPSA) is 146 Å². The van der Waals surface area contributed by atoms with Crippen LogP contribution in [0.2, 0.25) is 5.02 Å². The predicted octanol–water partition coefficient (Wildman–Crippen LogP) is 5.33. The van der Waals surface area contributed by atoms with E-state index in [1.165, 1.54) is 31.6 Å². The summed E-state index contributed by atoms with van der Waals surface area (Å²) in [4.78, 5) is 52.5. The van der Waals surface area contributed by atoms with Crippen molar-refractivity contribution in [2.24, 2.45) is 5.73 Å². The third-order valence-electron chi connectivity index (χ3n) is 10.1. The van der Waals surface area contributed by atoms with Crippen molar-refractivity contribution >= 4 is 57.4 Å². The predicted molar refractivity (Wildman–Crippen MR) is 208 cm³/mol. The van der Waals surface area contributed by atoms with Crippen molar-refractivity contribution in [3.05, 3.63) is 95.0 Å². The summed E-state index contributed by atoms with van der Waals surface area (Å²) in [6.07, 6.45) is 9.06. The van der Waals surface area contributed by atoms with Crippen LogP contribution in [-0.4, -0.2) is 101 Å². The summed E-state index contributed by atoms with van der Waals surface area (Å²) in [6.45, 7) is 5.80. The highest BCUT2D eigenvalue weighted by atomic mass is 35.5. The molecule has 0 bridgehead atoms. The lowest BCUT2D eigenvalue weighted by Gasteiger charge is -2.42. The Morgan fingerprint density at radius 3 is 2.31 bits per heavy atom. The number of fused-ring (bicyclic) bond motifs is 1. The van der Waals surface area contributed by atoms with Crippen LogP contribution in [0.4, 0.5) is 21.6 Å². The number of nitrogens with zero attached hydrogens (tertiary/aromatic N) is 5. The molecule has 2 aliphatic rings. The molecule has 3 amide bonds. The Morgan fingerprint density at radius 1 is 0.944 bits per heavy atom. The van der Waals surface area contributed by atoms with Crippen LogP contribution >= 0.6 is 11.6 Å². The zero-order valence-corrected chi connectivity index (χ0v) is 31.2. The third kappa shape index (κ3) is 10.3. The van der Waals surface area contributed by atoms with Gasteiger partial charge in [0.25, 0.3) is 0 Å². The number of hydrogen-bond acceptors (Lipinski definition) is 9. The number of carbonyl (C=O) groups is 3. The quantitative estimate of drug-likeness (QED) is 0.146. The van der Waals surface area contributed by atoms with E-state index in [2.05, 4.69) is 30.4 Å². The number of benzene rings is 3. The highest BCUT2D eigenvalue weighted by Gasteiger charge is 2.28. The fourth-order valence-electron chi connectivity index (χ4n) is 7.00. The summed E-state index contributed by atoms with van der Waals surface area (Å²) in [5.41, 5.74) is 9.04. The number of amides is 3. The molecule has 0 radical (unpaired) electrons. The Morgan fingerprint density at radius 2 is 1.65 bits per heavy atom. The fourth-order valence-corrected chi connectivity index (χ4v) is 7.18. The van der Waals surface area contributed by atoms with Gasteiger partial charge in [0.05, 0.1) is 23.3 Å². The molecule has 0 atom stereocenters. The number of rotatable bonds is 14. The highest BCUT2D eigenvalue weighted by molar-refractivity contribution is 6.31. The van der Waals surface area contributed by atoms with Crippen LogP contribution in [0.15, 0.2) is 73.1 Å². The van der Waals surface area contributed by atoms with Crippen LogP contribution in [0, 0.1) is 5.82 Å². The fraction of sp³-hybridized carbons (Fsp3) is 0.375. The molecule has 2 fully saturated rings. The first kappa shape index (κ1) is 38.6. The van der Waals surface area contributed by atoms with Crippen LogP contribution in [0.1, 0.15) is 36.8 Å². The molecule has 0 aliphatic carbocycles. The maximum atomic E-state index is 13.7. The molecule has 4 N–H and O–H groups in total. The zero-order valence-electron chi connectivity index (χ0n) is 30.4. The minimum Gasteiger partial charge on any atom is -0.494 e. The van der Waals surface area contributed by atoms with E-state index in [0.29, 0.717) is 72.1 Å². The highest BCUT2D eigenvalue weighted by Crippen LogP contribution is 2.33. The molecule has 0 spiro atoms. The Hall–Kier alpha value is -5.11. The van der Waals surface area contributed by atoms with Gasteiger partial charge in [-0.05, 0) is 74.2 Å². The number of piperidine rings is 1. The zero-order chi connectivity index (χ0) is 38.0. The summed E-state index contributed by atoms with van der Waals surface area (Å²) in [5.74, 6) is -0.00288. The second-order valence-corrected chi connectivity index (χ2v) is 14.1. The summed E-state index contributed by atoms with van der Waals surface area (Å²) < 4.78 is 19.2. The molecule has 6 rings (SSSR count). The number of nitrogens with one attached hydrogen (secondary N) is 2. The number of nitrogens with two attached hydrogens (primary N) is 1. The number of ether oxygens (including phenoxy) is 1. The van der Waals surface area contributed by atoms with E-state index >= 15 is 0 Å². The Bertz CT molecular complexity index is 1980. The van der Waals surface area contributed by atoms with Gasteiger partial charge in [0, 0.05) is 74.8 Å². The standard InChI is InChI=1S/C40H46ClFN8O4/c1-54-36-25-34-31(40(45-26-44-34)46-29-10-11-33(42)32(41)23-29)24-35(36)47-38(52)3-2-16-48-17-14-30(15-18-48)49-19-21-50(22-20-49)39(53)13-9-28-6-4-27(5-7-28)8-12-37(43)51/h2-7,10-11,23-26,30H,8-9,12-22H2,1H3,(H2,43,51)(H,47,52)(H,44,45,46)/b3-2+. The Labute approximate surface area is 319 Å². The van der Waals surface area contributed by atoms with Crippen LogP contribution in [-0.2, 0) is 27.2 Å². The molecule has 0 saturated carbocycles. The van der Waals surface area contributed by atoms with Gasteiger partial charge in [-0.25, -0.2) is 14.4 Å². The number of primary amides is 1. The maximum absolute atomic E-state index is 13.7. The van der Waals surface area contributed by atoms with Crippen molar-refractivity contribution in [2.75, 3.05) is 63.6 Å². The Balaban J connectivity index is 0.927. The number of hydrogen-bond donors (Lipinski definition) is 3. The molecule has 4 aromatic rings. The third-order valence-corrected chi connectivity index (χ3v) is 10.4. The molecule has 3 aromatic carbocycles. The number of carbonyl (C=O) groups excluding carboxylic acids is 3. The molecular weight excluding hydrogens is 711 g/mol. The van der Waals surface area contributed by atoms with Gasteiger partial charge in [-0.1, -0.05) is 41.9 Å². The number of methoxy groups -OCH3 is 1. The van der Waals surface area contributed by atoms with Crippen LogP contribution < -0.4 is 21.1 Å². The van der Waals surface area contributed by atoms with E-state index in [1.807, 2.05) is 35.2 Å². The molecule has 14 heteroatoms. The molecule has 12 nitrogen and oxygen atoms in total. The largest absolute Gasteiger partial charge is 0.494 e. The molecule has 54 heavy (non-hydrogen) atoms. The lowest BCUT2D eigenvalue weighted by molar-refractivity contribution is -0.133. The van der Waals surface area contributed by atoms with E-state index < -0.39 is 5.82 Å². The van der Waals surface area contributed by atoms with E-state index in [0.717, 1.165) is 63.2 Å². The van der Waals surface area contributed by atoms with Crippen molar-refractivity contribution < 1.29 is 23.5 Å². The SMILES string of the molecule is COc1cc2ncnc(Nc3ccc(F)c(Cl)c3)c2cc1NC(=O)/C=C/CN1CCC(N2CCN(C(=O)CCc3ccc(CCC(N)=O)cc3)CC2)CC1. The van der Waals surface area contributed by atoms with Gasteiger partial charge >= 0.3 is 0 Å². The number of halogens is 2. The summed E-state index contributed by atoms with van der Waals surface area (Å²) in [5, 5.41) is 6.68. The second-order valence-electron chi connectivity index (χ2n) is 13.7. The van der Waals surface area contributed by atoms with Gasteiger partial charge in [0.2, 0.25) is 17.7 Å². The van der Waals surface area contributed by atoms with Crippen molar-refractivity contribution in [2.45, 2.75) is 44.6 Å². The number of anilines is 3. The summed E-state index contributed by atoms with van der Waals surface area (Å²) >= 11 is 5.96. The van der Waals surface area contributed by atoms with Gasteiger partial charge in [-0.2, -0.15) is 0 Å². The van der Waals surface area contributed by atoms with Crippen LogP contribution in [0.5, 0.6) is 5.75 Å². The van der Waals surface area contributed by atoms with E-state index in [1.54, 1.807) is 18.2 Å². The average Bonchev–Trinajstić information content (AvgIpc) is 3.18. The monoisotopic (exact) mass is 756 g/mol. The van der Waals surface area contributed by atoms with Gasteiger partial charge in [-0.15, -0.1) is 0 Å². The molecule has 0 unspecified atom stereocenters. The van der Waals surface area contributed by atoms with Crippen molar-refractivity contribution in [1.29, 1.82) is 0 Å². The summed E-state index contributed by atoms with van der Waals surface area (Å²) in [7, 11) is 1.53. The van der Waals surface area contributed by atoms with Gasteiger partial charge < -0.3 is 26.0 Å². The van der Waals surface area contributed by atoms with Crippen LogP contribution in [0.25, 0.3) is 10.9 Å². The molecule has 3 heterocycles. The normalized spacial score (nSPS) is 15.8. The van der Waals surface area contributed by atoms with Gasteiger partial charge in [0.1, 0.15) is 23.7 Å². The number of aryl methyl sites for hydroxylation is 2. The van der Waals surface area contributed by atoms with E-state index in [4.69, 9.17) is 22.1 Å². The van der Waals surface area contributed by atoms with E-state index in [9.17, 15) is 18.8 Å². The lowest BCUT2D eigenvalue weighted by atomic mass is 10.0. The number of likely N-dealkylation sites (tertiary alicyclic amines) is 1. The first-order chi connectivity index (χ1) is 26.1. The molecule has 1 aromatic heterocycles.